The smallest absolute Gasteiger partial charge is 0.309 e. The van der Waals surface area contributed by atoms with Gasteiger partial charge in [-0.05, 0) is 26.0 Å². The Labute approximate surface area is 117 Å². The van der Waals surface area contributed by atoms with Crippen molar-refractivity contribution in [2.45, 2.75) is 20.3 Å². The number of carboxylic acids is 1. The first-order valence-corrected chi connectivity index (χ1v) is 5.91. The quantitative estimate of drug-likeness (QED) is 0.856. The van der Waals surface area contributed by atoms with Crippen LogP contribution in [0.4, 0.5) is 5.69 Å². The van der Waals surface area contributed by atoms with Crippen molar-refractivity contribution in [3.05, 3.63) is 23.8 Å². The number of nitrogens with zero attached hydrogens (tertiary/aromatic N) is 1. The molecule has 1 aromatic carbocycles. The lowest BCUT2D eigenvalue weighted by atomic mass is 9.89. The van der Waals surface area contributed by atoms with Gasteiger partial charge in [0.15, 0.2) is 0 Å². The molecule has 1 amide bonds. The van der Waals surface area contributed by atoms with Gasteiger partial charge in [0.25, 0.3) is 0 Å². The zero-order chi connectivity index (χ0) is 15.3. The summed E-state index contributed by atoms with van der Waals surface area (Å²) in [6.07, 6.45) is -0.161. The van der Waals surface area contributed by atoms with Crippen molar-refractivity contribution in [2.75, 3.05) is 12.4 Å². The van der Waals surface area contributed by atoms with E-state index in [0.717, 1.165) is 0 Å². The van der Waals surface area contributed by atoms with E-state index >= 15 is 0 Å². The van der Waals surface area contributed by atoms with Gasteiger partial charge in [-0.15, -0.1) is 0 Å². The SMILES string of the molecule is COc1cc(C#N)ccc1NC(=O)CC(C)(C)C(=O)O. The average molecular weight is 276 g/mol. The van der Waals surface area contributed by atoms with Crippen LogP contribution in [-0.2, 0) is 9.59 Å². The molecule has 0 saturated carbocycles. The number of nitrogens with one attached hydrogen (secondary N) is 1. The number of carbonyl (C=O) groups excluding carboxylic acids is 1. The summed E-state index contributed by atoms with van der Waals surface area (Å²) in [4.78, 5) is 22.8. The molecule has 0 bridgehead atoms. The van der Waals surface area contributed by atoms with Gasteiger partial charge in [-0.2, -0.15) is 5.26 Å². The van der Waals surface area contributed by atoms with Crippen molar-refractivity contribution in [2.24, 2.45) is 5.41 Å². The molecule has 0 aliphatic rings. The van der Waals surface area contributed by atoms with Gasteiger partial charge >= 0.3 is 5.97 Å². The Morgan fingerprint density at radius 2 is 2.10 bits per heavy atom. The topological polar surface area (TPSA) is 99.4 Å². The molecule has 0 radical (unpaired) electrons. The number of nitriles is 1. The lowest BCUT2D eigenvalue weighted by molar-refractivity contribution is -0.148. The Bertz CT molecular complexity index is 573. The third kappa shape index (κ3) is 3.72. The van der Waals surface area contributed by atoms with Gasteiger partial charge < -0.3 is 15.2 Å². The monoisotopic (exact) mass is 276 g/mol. The fourth-order valence-corrected chi connectivity index (χ4v) is 1.54. The van der Waals surface area contributed by atoms with E-state index in [0.29, 0.717) is 17.0 Å². The van der Waals surface area contributed by atoms with Crippen LogP contribution in [0.25, 0.3) is 0 Å². The van der Waals surface area contributed by atoms with Gasteiger partial charge in [-0.1, -0.05) is 0 Å². The second-order valence-electron chi connectivity index (χ2n) is 4.94. The van der Waals surface area contributed by atoms with Crippen molar-refractivity contribution in [1.82, 2.24) is 0 Å². The molecule has 0 atom stereocenters. The maximum absolute atomic E-state index is 11.9. The Kier molecular flexibility index (Phi) is 4.70. The molecule has 1 rings (SSSR count). The zero-order valence-electron chi connectivity index (χ0n) is 11.6. The van der Waals surface area contributed by atoms with E-state index in [2.05, 4.69) is 5.32 Å². The van der Waals surface area contributed by atoms with Crippen molar-refractivity contribution in [1.29, 1.82) is 5.26 Å². The van der Waals surface area contributed by atoms with E-state index in [1.165, 1.54) is 27.0 Å². The largest absolute Gasteiger partial charge is 0.495 e. The van der Waals surface area contributed by atoms with Gasteiger partial charge in [-0.25, -0.2) is 0 Å². The maximum atomic E-state index is 11.9. The molecule has 0 aromatic heterocycles. The Hall–Kier alpha value is -2.55. The highest BCUT2D eigenvalue weighted by Crippen LogP contribution is 2.27. The summed E-state index contributed by atoms with van der Waals surface area (Å²) in [6, 6.07) is 6.55. The molecule has 0 aliphatic carbocycles. The number of amides is 1. The van der Waals surface area contributed by atoms with Crippen LogP contribution in [0.2, 0.25) is 0 Å². The number of benzene rings is 1. The van der Waals surface area contributed by atoms with Gasteiger partial charge in [0, 0.05) is 12.5 Å². The first kappa shape index (κ1) is 15.5. The molecule has 0 aliphatic heterocycles. The molecular weight excluding hydrogens is 260 g/mol. The molecule has 106 valence electrons. The molecule has 0 fully saturated rings. The minimum Gasteiger partial charge on any atom is -0.495 e. The van der Waals surface area contributed by atoms with Crippen molar-refractivity contribution >= 4 is 17.6 Å². The van der Waals surface area contributed by atoms with Gasteiger partial charge in [0.1, 0.15) is 5.75 Å². The normalized spacial score (nSPS) is 10.5. The van der Waals surface area contributed by atoms with Crippen LogP contribution in [0.5, 0.6) is 5.75 Å². The van der Waals surface area contributed by atoms with Crippen LogP contribution in [0.3, 0.4) is 0 Å². The highest BCUT2D eigenvalue weighted by molar-refractivity contribution is 5.95. The van der Waals surface area contributed by atoms with Crippen LogP contribution >= 0.6 is 0 Å². The van der Waals surface area contributed by atoms with Crippen molar-refractivity contribution < 1.29 is 19.4 Å². The number of methoxy groups -OCH3 is 1. The summed E-state index contributed by atoms with van der Waals surface area (Å²) in [6.45, 7) is 2.95. The predicted molar refractivity (Wildman–Crippen MR) is 72.4 cm³/mol. The van der Waals surface area contributed by atoms with E-state index in [4.69, 9.17) is 15.1 Å². The fraction of sp³-hybridized carbons (Fsp3) is 0.357. The summed E-state index contributed by atoms with van der Waals surface area (Å²) >= 11 is 0. The average Bonchev–Trinajstić information content (AvgIpc) is 2.38. The molecule has 1 aromatic rings. The van der Waals surface area contributed by atoms with Crippen molar-refractivity contribution in [3.63, 3.8) is 0 Å². The van der Waals surface area contributed by atoms with Gasteiger partial charge in [0.2, 0.25) is 5.91 Å². The van der Waals surface area contributed by atoms with E-state index < -0.39 is 17.3 Å². The third-order valence-corrected chi connectivity index (χ3v) is 2.79. The van der Waals surface area contributed by atoms with E-state index in [1.54, 1.807) is 12.1 Å². The summed E-state index contributed by atoms with van der Waals surface area (Å²) in [7, 11) is 1.42. The lowest BCUT2D eigenvalue weighted by Crippen LogP contribution is -2.29. The Balaban J connectivity index is 2.86. The number of hydrogen-bond acceptors (Lipinski definition) is 4. The standard InChI is InChI=1S/C14H16N2O4/c1-14(2,13(18)19)7-12(17)16-10-5-4-9(8-15)6-11(10)20-3/h4-6H,7H2,1-3H3,(H,16,17)(H,18,19). The summed E-state index contributed by atoms with van der Waals surface area (Å²) in [5, 5.41) is 20.4. The summed E-state index contributed by atoms with van der Waals surface area (Å²) < 4.78 is 5.08. The molecular formula is C14H16N2O4. The van der Waals surface area contributed by atoms with Crippen molar-refractivity contribution in [3.8, 4) is 11.8 Å². The number of anilines is 1. The van der Waals surface area contributed by atoms with Crippen LogP contribution in [0.15, 0.2) is 18.2 Å². The summed E-state index contributed by atoms with van der Waals surface area (Å²) in [5.74, 6) is -1.12. The predicted octanol–water partition coefficient (Wildman–Crippen LogP) is 2.01. The lowest BCUT2D eigenvalue weighted by Gasteiger charge is -2.18. The third-order valence-electron chi connectivity index (χ3n) is 2.79. The van der Waals surface area contributed by atoms with Crippen LogP contribution < -0.4 is 10.1 Å². The first-order chi connectivity index (χ1) is 9.30. The maximum Gasteiger partial charge on any atom is 0.309 e. The number of hydrogen-bond donors (Lipinski definition) is 2. The van der Waals surface area contributed by atoms with Crippen LogP contribution in [-0.4, -0.2) is 24.1 Å². The molecule has 6 heteroatoms. The first-order valence-electron chi connectivity index (χ1n) is 5.91. The van der Waals surface area contributed by atoms with E-state index in [9.17, 15) is 9.59 Å². The minimum absolute atomic E-state index is 0.161. The minimum atomic E-state index is -1.15. The molecule has 20 heavy (non-hydrogen) atoms. The number of aliphatic carboxylic acids is 1. The number of carbonyl (C=O) groups is 2. The highest BCUT2D eigenvalue weighted by Gasteiger charge is 2.30. The highest BCUT2D eigenvalue weighted by atomic mass is 16.5. The molecule has 6 nitrogen and oxygen atoms in total. The Morgan fingerprint density at radius 3 is 2.60 bits per heavy atom. The molecule has 0 unspecified atom stereocenters. The van der Waals surface area contributed by atoms with Gasteiger partial charge in [0.05, 0.1) is 29.8 Å². The number of rotatable bonds is 5. The van der Waals surface area contributed by atoms with E-state index in [1.807, 2.05) is 6.07 Å². The van der Waals surface area contributed by atoms with Gasteiger partial charge in [-0.3, -0.25) is 9.59 Å². The molecule has 0 heterocycles. The zero-order valence-corrected chi connectivity index (χ0v) is 11.6. The fourth-order valence-electron chi connectivity index (χ4n) is 1.54. The summed E-state index contributed by atoms with van der Waals surface area (Å²) in [5.41, 5.74) is -0.340. The number of carboxylic acid groups (broad SMARTS) is 1. The second kappa shape index (κ2) is 6.06. The van der Waals surface area contributed by atoms with Crippen LogP contribution in [0, 0.1) is 16.7 Å². The Morgan fingerprint density at radius 1 is 1.45 bits per heavy atom. The van der Waals surface area contributed by atoms with E-state index in [-0.39, 0.29) is 6.42 Å². The number of ether oxygens (including phenoxy) is 1. The molecule has 0 spiro atoms. The molecule has 2 N–H and O–H groups in total. The molecule has 0 saturated heterocycles. The van der Waals surface area contributed by atoms with Crippen LogP contribution in [0.1, 0.15) is 25.8 Å². The second-order valence-corrected chi connectivity index (χ2v) is 4.94.